The zero-order chi connectivity index (χ0) is 29.6. The Hall–Kier alpha value is -3.96. The van der Waals surface area contributed by atoms with Gasteiger partial charge in [-0.25, -0.2) is 0 Å². The van der Waals surface area contributed by atoms with Crippen LogP contribution >= 0.6 is 0 Å². The van der Waals surface area contributed by atoms with Crippen molar-refractivity contribution in [3.63, 3.8) is 0 Å². The van der Waals surface area contributed by atoms with Gasteiger partial charge in [-0.3, -0.25) is 9.79 Å². The molecule has 0 spiro atoms. The van der Waals surface area contributed by atoms with Gasteiger partial charge in [-0.2, -0.15) is 0 Å². The van der Waals surface area contributed by atoms with Crippen LogP contribution in [-0.4, -0.2) is 22.9 Å². The lowest BCUT2D eigenvalue weighted by molar-refractivity contribution is 0.120. The molecule has 2 N–H and O–H groups in total. The lowest BCUT2D eigenvalue weighted by atomic mass is 9.79. The van der Waals surface area contributed by atoms with Gasteiger partial charge in [-0.1, -0.05) is 77.1 Å². The standard InChI is InChI=1S/C34H36N2O3.C2H6/c1-5-22(3)20-35-21-23(4)34(38)27-12-13-31-30(17-27)29(19-33(37)36-31)26-9-7-8-24(16-26)14-15-39-32-18-28(34)11-10-25(32)6-2;1-2/h7-13,16-22,38H,5-6,14-15H2,1-4H3,(H,36,37);1-2H3/b23-21+,35-20?;. The quantitative estimate of drug-likeness (QED) is 0.247. The van der Waals surface area contributed by atoms with E-state index in [9.17, 15) is 9.90 Å². The molecule has 3 aromatic carbocycles. The molecule has 2 unspecified atom stereocenters. The van der Waals surface area contributed by atoms with Gasteiger partial charge in [0.25, 0.3) is 0 Å². The summed E-state index contributed by atoms with van der Waals surface area (Å²) in [6.45, 7) is 12.8. The van der Waals surface area contributed by atoms with Crippen molar-refractivity contribution in [3.8, 4) is 16.9 Å². The molecule has 5 rings (SSSR count). The van der Waals surface area contributed by atoms with Crippen molar-refractivity contribution in [3.05, 3.63) is 111 Å². The van der Waals surface area contributed by atoms with Crippen LogP contribution < -0.4 is 10.3 Å². The number of rotatable bonds is 5. The summed E-state index contributed by atoms with van der Waals surface area (Å²) in [7, 11) is 0. The summed E-state index contributed by atoms with van der Waals surface area (Å²) in [4.78, 5) is 20.2. The molecular formula is C36H42N2O3. The van der Waals surface area contributed by atoms with Crippen LogP contribution in [0, 0.1) is 5.92 Å². The average Bonchev–Trinajstić information content (AvgIpc) is 3.00. The van der Waals surface area contributed by atoms with E-state index in [2.05, 4.69) is 42.9 Å². The predicted octanol–water partition coefficient (Wildman–Crippen LogP) is 7.98. The van der Waals surface area contributed by atoms with E-state index in [1.807, 2.05) is 75.5 Å². The summed E-state index contributed by atoms with van der Waals surface area (Å²) in [5.41, 5.74) is 5.21. The Labute approximate surface area is 243 Å². The van der Waals surface area contributed by atoms with Crippen molar-refractivity contribution >= 4 is 17.1 Å². The number of aromatic amines is 1. The number of pyridine rings is 1. The lowest BCUT2D eigenvalue weighted by Crippen LogP contribution is -2.29. The van der Waals surface area contributed by atoms with E-state index >= 15 is 0 Å². The van der Waals surface area contributed by atoms with Crippen LogP contribution in [0.4, 0.5) is 0 Å². The van der Waals surface area contributed by atoms with Crippen LogP contribution in [0.15, 0.2) is 88.3 Å². The van der Waals surface area contributed by atoms with E-state index in [0.29, 0.717) is 29.2 Å². The minimum atomic E-state index is -1.47. The summed E-state index contributed by atoms with van der Waals surface area (Å²) in [5.74, 6) is 1.12. The number of benzene rings is 3. The number of fused-ring (bicyclic) bond motifs is 6. The van der Waals surface area contributed by atoms with Crippen molar-refractivity contribution in [2.24, 2.45) is 10.9 Å². The Bertz CT molecular complexity index is 1630. The molecule has 1 aliphatic heterocycles. The van der Waals surface area contributed by atoms with Gasteiger partial charge in [0.2, 0.25) is 5.56 Å². The molecule has 1 aromatic heterocycles. The molecule has 0 saturated heterocycles. The molecule has 0 fully saturated rings. The first-order valence-corrected chi connectivity index (χ1v) is 14.8. The van der Waals surface area contributed by atoms with E-state index in [1.165, 1.54) is 0 Å². The third kappa shape index (κ3) is 6.20. The SMILES string of the molecule is CC.CCc1ccc2cc1OCCc1cccc(c1)-c1cc(=O)[nH]c3ccc(cc13)C2(O)/C(C)=C/N=CC(C)CC. The second-order valence-corrected chi connectivity index (χ2v) is 10.5. The predicted molar refractivity (Wildman–Crippen MR) is 171 cm³/mol. The van der Waals surface area contributed by atoms with Crippen LogP contribution in [0.5, 0.6) is 5.75 Å². The number of aliphatic hydroxyl groups is 1. The number of aryl methyl sites for hydroxylation is 1. The number of aliphatic imine (C=N–C) groups is 1. The molecule has 6 bridgehead atoms. The number of H-pyrrole nitrogens is 1. The van der Waals surface area contributed by atoms with Crippen molar-refractivity contribution in [1.29, 1.82) is 0 Å². The summed E-state index contributed by atoms with van der Waals surface area (Å²) in [6.07, 6.45) is 6.21. The molecule has 5 heteroatoms. The molecule has 0 amide bonds. The Morgan fingerprint density at radius 2 is 1.83 bits per heavy atom. The number of aromatic nitrogens is 1. The Morgan fingerprint density at radius 1 is 1.07 bits per heavy atom. The first-order valence-electron chi connectivity index (χ1n) is 14.8. The smallest absolute Gasteiger partial charge is 0.249 e. The molecule has 2 atom stereocenters. The third-order valence-electron chi connectivity index (χ3n) is 7.84. The molecule has 0 saturated carbocycles. The molecule has 41 heavy (non-hydrogen) atoms. The molecular weight excluding hydrogens is 508 g/mol. The highest BCUT2D eigenvalue weighted by molar-refractivity contribution is 5.95. The monoisotopic (exact) mass is 550 g/mol. The van der Waals surface area contributed by atoms with Gasteiger partial charge in [0.1, 0.15) is 11.4 Å². The summed E-state index contributed by atoms with van der Waals surface area (Å²) in [6, 6.07) is 21.6. The number of hydrogen-bond donors (Lipinski definition) is 2. The van der Waals surface area contributed by atoms with E-state index in [4.69, 9.17) is 4.74 Å². The van der Waals surface area contributed by atoms with Gasteiger partial charge in [0, 0.05) is 35.8 Å². The van der Waals surface area contributed by atoms with Crippen LogP contribution in [0.3, 0.4) is 0 Å². The fraction of sp³-hybridized carbons (Fsp3) is 0.333. The lowest BCUT2D eigenvalue weighted by Gasteiger charge is -2.31. The normalized spacial score (nSPS) is 17.5. The second kappa shape index (κ2) is 13.1. The maximum atomic E-state index is 12.6. The number of nitrogens with one attached hydrogen (secondary N) is 1. The van der Waals surface area contributed by atoms with Crippen LogP contribution in [0.1, 0.15) is 70.2 Å². The minimum Gasteiger partial charge on any atom is -0.493 e. The van der Waals surface area contributed by atoms with E-state index < -0.39 is 5.60 Å². The molecule has 2 heterocycles. The first-order chi connectivity index (χ1) is 19.8. The highest BCUT2D eigenvalue weighted by Gasteiger charge is 2.35. The van der Waals surface area contributed by atoms with Gasteiger partial charge in [0.15, 0.2) is 0 Å². The van der Waals surface area contributed by atoms with E-state index in [0.717, 1.165) is 58.2 Å². The van der Waals surface area contributed by atoms with Crippen molar-refractivity contribution in [2.45, 2.75) is 66.4 Å². The molecule has 1 aliphatic rings. The van der Waals surface area contributed by atoms with E-state index in [-0.39, 0.29) is 5.56 Å². The topological polar surface area (TPSA) is 74.7 Å². The van der Waals surface area contributed by atoms with E-state index in [1.54, 1.807) is 12.3 Å². The van der Waals surface area contributed by atoms with Gasteiger partial charge in [-0.15, -0.1) is 0 Å². The Morgan fingerprint density at radius 3 is 2.59 bits per heavy atom. The Balaban J connectivity index is 0.00000189. The average molecular weight is 551 g/mol. The molecule has 4 aromatic rings. The van der Waals surface area contributed by atoms with Crippen molar-refractivity contribution in [2.75, 3.05) is 6.61 Å². The number of ether oxygens (including phenoxy) is 1. The van der Waals surface area contributed by atoms with Crippen LogP contribution in [0.25, 0.3) is 22.0 Å². The maximum absolute atomic E-state index is 12.6. The van der Waals surface area contributed by atoms with Gasteiger partial charge >= 0.3 is 0 Å². The highest BCUT2D eigenvalue weighted by Crippen LogP contribution is 2.41. The second-order valence-electron chi connectivity index (χ2n) is 10.5. The molecule has 0 aliphatic carbocycles. The molecule has 0 radical (unpaired) electrons. The highest BCUT2D eigenvalue weighted by atomic mass is 16.5. The fourth-order valence-electron chi connectivity index (χ4n) is 5.22. The third-order valence-corrected chi connectivity index (χ3v) is 7.84. The van der Waals surface area contributed by atoms with Gasteiger partial charge in [-0.05, 0) is 82.8 Å². The molecule has 5 nitrogen and oxygen atoms in total. The van der Waals surface area contributed by atoms with Crippen molar-refractivity contribution in [1.82, 2.24) is 4.98 Å². The first kappa shape index (κ1) is 30.0. The zero-order valence-corrected chi connectivity index (χ0v) is 25.1. The summed E-state index contributed by atoms with van der Waals surface area (Å²) in [5, 5.41) is 13.5. The maximum Gasteiger partial charge on any atom is 0.249 e. The van der Waals surface area contributed by atoms with Crippen LogP contribution in [-0.2, 0) is 18.4 Å². The van der Waals surface area contributed by atoms with Crippen molar-refractivity contribution < 1.29 is 9.84 Å². The molecule has 214 valence electrons. The largest absolute Gasteiger partial charge is 0.493 e. The fourth-order valence-corrected chi connectivity index (χ4v) is 5.22. The zero-order valence-electron chi connectivity index (χ0n) is 25.1. The number of hydrogen-bond acceptors (Lipinski definition) is 4. The number of nitrogens with zero attached hydrogens (tertiary/aromatic N) is 1. The van der Waals surface area contributed by atoms with Crippen LogP contribution in [0.2, 0.25) is 0 Å². The van der Waals surface area contributed by atoms with Gasteiger partial charge < -0.3 is 14.8 Å². The summed E-state index contributed by atoms with van der Waals surface area (Å²) >= 11 is 0. The summed E-state index contributed by atoms with van der Waals surface area (Å²) < 4.78 is 6.33. The minimum absolute atomic E-state index is 0.161. The van der Waals surface area contributed by atoms with Gasteiger partial charge in [0.05, 0.1) is 6.61 Å². The Kier molecular flexibility index (Phi) is 9.61.